The quantitative estimate of drug-likeness (QED) is 0.860. The van der Waals surface area contributed by atoms with Crippen LogP contribution < -0.4 is 5.32 Å². The smallest absolute Gasteiger partial charge is 0.132 e. The van der Waals surface area contributed by atoms with Gasteiger partial charge in [0.25, 0.3) is 0 Å². The van der Waals surface area contributed by atoms with E-state index in [1.54, 1.807) is 23.6 Å². The second kappa shape index (κ2) is 5.49. The van der Waals surface area contributed by atoms with Gasteiger partial charge in [0.05, 0.1) is 0 Å². The highest BCUT2D eigenvalue weighted by atomic mass is 16.1. The van der Waals surface area contributed by atoms with Gasteiger partial charge in [-0.1, -0.05) is 25.1 Å². The summed E-state index contributed by atoms with van der Waals surface area (Å²) < 4.78 is 0. The number of carbonyl (C=O) groups excluding carboxylic acids is 1. The molecule has 1 saturated carbocycles. The zero-order chi connectivity index (χ0) is 15.3. The summed E-state index contributed by atoms with van der Waals surface area (Å²) >= 11 is 0. The molecular weight excluding hydrogens is 270 g/mol. The molecule has 1 aliphatic carbocycles. The van der Waals surface area contributed by atoms with Crippen LogP contribution in [0.4, 0.5) is 0 Å². The van der Waals surface area contributed by atoms with E-state index in [2.05, 4.69) is 30.4 Å². The lowest BCUT2D eigenvalue weighted by Gasteiger charge is -2.30. The largest absolute Gasteiger partial charge is 0.303 e. The summed E-state index contributed by atoms with van der Waals surface area (Å²) in [5.41, 5.74) is 4.79. The number of carbonyl (C=O) groups is 1. The van der Waals surface area contributed by atoms with Crippen molar-refractivity contribution in [3.63, 3.8) is 0 Å². The Kier molecular flexibility index (Phi) is 3.60. The molecule has 1 N–H and O–H groups in total. The maximum atomic E-state index is 11.6. The molecule has 1 aromatic rings. The molecule has 2 fully saturated rings. The number of fused-ring (bicyclic) bond motifs is 5. The van der Waals surface area contributed by atoms with Gasteiger partial charge in [-0.05, 0) is 74.0 Å². The van der Waals surface area contributed by atoms with Crippen LogP contribution in [0.2, 0.25) is 0 Å². The molecule has 3 aliphatic rings. The summed E-state index contributed by atoms with van der Waals surface area (Å²) in [4.78, 5) is 11.6. The number of Topliss-reactive ketones (excluding diaryl/α,β-unsaturated/α-hetero) is 1. The third-order valence-electron chi connectivity index (χ3n) is 6.32. The van der Waals surface area contributed by atoms with E-state index in [0.29, 0.717) is 29.7 Å². The van der Waals surface area contributed by atoms with Crippen LogP contribution in [0, 0.1) is 11.8 Å². The average Bonchev–Trinajstić information content (AvgIpc) is 2.79. The van der Waals surface area contributed by atoms with Crippen molar-refractivity contribution < 1.29 is 4.79 Å². The molecule has 2 heterocycles. The molecule has 0 spiro atoms. The Morgan fingerprint density at radius 2 is 1.73 bits per heavy atom. The average molecular weight is 297 g/mol. The third kappa shape index (κ3) is 2.32. The van der Waals surface area contributed by atoms with Gasteiger partial charge in [-0.3, -0.25) is 4.79 Å². The molecule has 0 aromatic heterocycles. The van der Waals surface area contributed by atoms with Crippen molar-refractivity contribution in [1.29, 1.82) is 0 Å². The molecule has 2 bridgehead atoms. The van der Waals surface area contributed by atoms with Crippen LogP contribution >= 0.6 is 0 Å². The lowest BCUT2D eigenvalue weighted by molar-refractivity contribution is -0.121. The SMILES string of the molecule is CC(=O)C1CCC(c2cccc3c2C2CC(C)CC3N2)CC1. The minimum absolute atomic E-state index is 0.324. The van der Waals surface area contributed by atoms with E-state index in [9.17, 15) is 4.79 Å². The van der Waals surface area contributed by atoms with Crippen LogP contribution in [0.1, 0.15) is 87.1 Å². The molecule has 1 aromatic carbocycles. The first-order valence-electron chi connectivity index (χ1n) is 9.02. The van der Waals surface area contributed by atoms with Crippen molar-refractivity contribution in [3.8, 4) is 0 Å². The number of piperidine rings is 1. The van der Waals surface area contributed by atoms with E-state index in [1.807, 2.05) is 0 Å². The van der Waals surface area contributed by atoms with E-state index in [-0.39, 0.29) is 0 Å². The van der Waals surface area contributed by atoms with Crippen molar-refractivity contribution in [1.82, 2.24) is 5.32 Å². The van der Waals surface area contributed by atoms with E-state index >= 15 is 0 Å². The van der Waals surface area contributed by atoms with Crippen molar-refractivity contribution in [3.05, 3.63) is 34.9 Å². The Morgan fingerprint density at radius 3 is 2.45 bits per heavy atom. The second-order valence-corrected chi connectivity index (χ2v) is 7.86. The Bertz CT molecular complexity index is 583. The molecule has 4 rings (SSSR count). The summed E-state index contributed by atoms with van der Waals surface area (Å²) in [6.07, 6.45) is 7.11. The monoisotopic (exact) mass is 297 g/mol. The first kappa shape index (κ1) is 14.4. The Balaban J connectivity index is 1.62. The molecule has 3 atom stereocenters. The summed E-state index contributed by atoms with van der Waals surface area (Å²) in [5, 5.41) is 3.84. The minimum atomic E-state index is 0.324. The molecule has 22 heavy (non-hydrogen) atoms. The van der Waals surface area contributed by atoms with Crippen molar-refractivity contribution in [2.24, 2.45) is 11.8 Å². The highest BCUT2D eigenvalue weighted by Gasteiger charge is 2.39. The first-order chi connectivity index (χ1) is 10.6. The van der Waals surface area contributed by atoms with Crippen molar-refractivity contribution in [2.75, 3.05) is 0 Å². The molecular formula is C20H27NO. The van der Waals surface area contributed by atoms with Gasteiger partial charge in [0.15, 0.2) is 0 Å². The molecule has 2 nitrogen and oxygen atoms in total. The fourth-order valence-electron chi connectivity index (χ4n) is 5.17. The number of benzene rings is 1. The van der Waals surface area contributed by atoms with E-state index in [4.69, 9.17) is 0 Å². The van der Waals surface area contributed by atoms with Gasteiger partial charge in [0.2, 0.25) is 0 Å². The molecule has 2 heteroatoms. The minimum Gasteiger partial charge on any atom is -0.303 e. The van der Waals surface area contributed by atoms with Crippen LogP contribution in [-0.4, -0.2) is 5.78 Å². The first-order valence-corrected chi connectivity index (χ1v) is 9.02. The Morgan fingerprint density at radius 1 is 1.05 bits per heavy atom. The fourth-order valence-corrected chi connectivity index (χ4v) is 5.17. The van der Waals surface area contributed by atoms with Crippen molar-refractivity contribution >= 4 is 5.78 Å². The van der Waals surface area contributed by atoms with E-state index < -0.39 is 0 Å². The van der Waals surface area contributed by atoms with E-state index in [1.165, 1.54) is 25.7 Å². The molecule has 118 valence electrons. The number of nitrogens with one attached hydrogen (secondary N) is 1. The summed E-state index contributed by atoms with van der Waals surface area (Å²) in [7, 11) is 0. The third-order valence-corrected chi connectivity index (χ3v) is 6.32. The van der Waals surface area contributed by atoms with Gasteiger partial charge in [0, 0.05) is 18.0 Å². The maximum absolute atomic E-state index is 11.6. The zero-order valence-corrected chi connectivity index (χ0v) is 13.8. The standard InChI is InChI=1S/C20H27NO/c1-12-10-18-17-5-3-4-16(20(17)19(11-12)21-18)15-8-6-14(7-9-15)13(2)22/h3-5,12,14-15,18-19,21H,6-11H2,1-2H3. The predicted molar refractivity (Wildman–Crippen MR) is 88.8 cm³/mol. The summed E-state index contributed by atoms with van der Waals surface area (Å²) in [6.45, 7) is 4.16. The number of ketones is 1. The fraction of sp³-hybridized carbons (Fsp3) is 0.650. The molecule has 1 saturated heterocycles. The van der Waals surface area contributed by atoms with Gasteiger partial charge in [0.1, 0.15) is 5.78 Å². The molecule has 0 radical (unpaired) electrons. The summed E-state index contributed by atoms with van der Waals surface area (Å²) in [6, 6.07) is 8.13. The Hall–Kier alpha value is -1.15. The molecule has 2 aliphatic heterocycles. The normalized spacial score (nSPS) is 36.9. The second-order valence-electron chi connectivity index (χ2n) is 7.86. The van der Waals surface area contributed by atoms with Crippen LogP contribution in [-0.2, 0) is 4.79 Å². The predicted octanol–water partition coefficient (Wildman–Crippen LogP) is 4.66. The van der Waals surface area contributed by atoms with Gasteiger partial charge in [-0.25, -0.2) is 0 Å². The van der Waals surface area contributed by atoms with Crippen LogP contribution in [0.5, 0.6) is 0 Å². The highest BCUT2D eigenvalue weighted by molar-refractivity contribution is 5.78. The maximum Gasteiger partial charge on any atom is 0.132 e. The molecule has 3 unspecified atom stereocenters. The van der Waals surface area contributed by atoms with Gasteiger partial charge in [-0.15, -0.1) is 0 Å². The highest BCUT2D eigenvalue weighted by Crippen LogP contribution is 2.49. The lowest BCUT2D eigenvalue weighted by Crippen LogP contribution is -2.27. The van der Waals surface area contributed by atoms with Gasteiger partial charge < -0.3 is 5.32 Å². The lowest BCUT2D eigenvalue weighted by atomic mass is 9.75. The summed E-state index contributed by atoms with van der Waals surface area (Å²) in [5.74, 6) is 2.21. The van der Waals surface area contributed by atoms with Crippen LogP contribution in [0.25, 0.3) is 0 Å². The van der Waals surface area contributed by atoms with E-state index in [0.717, 1.165) is 18.8 Å². The number of hydrogen-bond donors (Lipinski definition) is 1. The zero-order valence-electron chi connectivity index (χ0n) is 13.8. The van der Waals surface area contributed by atoms with Crippen molar-refractivity contribution in [2.45, 2.75) is 70.4 Å². The molecule has 0 amide bonds. The van der Waals surface area contributed by atoms with Gasteiger partial charge in [-0.2, -0.15) is 0 Å². The van der Waals surface area contributed by atoms with Crippen LogP contribution in [0.3, 0.4) is 0 Å². The van der Waals surface area contributed by atoms with Crippen LogP contribution in [0.15, 0.2) is 18.2 Å². The van der Waals surface area contributed by atoms with Gasteiger partial charge >= 0.3 is 0 Å². The number of rotatable bonds is 2. The Labute approximate surface area is 133 Å². The topological polar surface area (TPSA) is 29.1 Å². The number of hydrogen-bond acceptors (Lipinski definition) is 2.